The largest absolute Gasteiger partial charge is 0.508 e. The van der Waals surface area contributed by atoms with Crippen molar-refractivity contribution >= 4 is 0 Å². The second-order valence-electron chi connectivity index (χ2n) is 3.90. The Kier molecular flexibility index (Phi) is 4.20. The van der Waals surface area contributed by atoms with Gasteiger partial charge in [-0.2, -0.15) is 0 Å². The summed E-state index contributed by atoms with van der Waals surface area (Å²) in [6, 6.07) is 5.68. The first-order valence-corrected chi connectivity index (χ1v) is 5.02. The van der Waals surface area contributed by atoms with E-state index in [2.05, 4.69) is 5.92 Å². The molecule has 0 saturated heterocycles. The third kappa shape index (κ3) is 3.65. The van der Waals surface area contributed by atoms with Gasteiger partial charge in [-0.1, -0.05) is 12.1 Å². The molecule has 0 aromatic heterocycles. The molecule has 1 aromatic carbocycles. The monoisotopic (exact) mass is 203 g/mol. The molecule has 0 radical (unpaired) electrons. The fourth-order valence-corrected chi connectivity index (χ4v) is 1.48. The van der Waals surface area contributed by atoms with Crippen LogP contribution in [-0.4, -0.2) is 24.1 Å². The minimum Gasteiger partial charge on any atom is -0.508 e. The summed E-state index contributed by atoms with van der Waals surface area (Å²) in [4.78, 5) is 2.03. The molecule has 0 spiro atoms. The quantitative estimate of drug-likeness (QED) is 0.757. The van der Waals surface area contributed by atoms with Gasteiger partial charge in [-0.25, -0.2) is 0 Å². The van der Waals surface area contributed by atoms with Crippen molar-refractivity contribution in [1.82, 2.24) is 4.90 Å². The van der Waals surface area contributed by atoms with Crippen LogP contribution < -0.4 is 0 Å². The summed E-state index contributed by atoms with van der Waals surface area (Å²) in [5.74, 6) is 2.97. The third-order valence-corrected chi connectivity index (χ3v) is 2.19. The molecule has 2 nitrogen and oxygen atoms in total. The van der Waals surface area contributed by atoms with E-state index in [1.807, 2.05) is 31.1 Å². The van der Waals surface area contributed by atoms with Crippen LogP contribution in [0, 0.1) is 12.3 Å². The van der Waals surface area contributed by atoms with Gasteiger partial charge in [-0.15, -0.1) is 12.3 Å². The summed E-state index contributed by atoms with van der Waals surface area (Å²) >= 11 is 0. The van der Waals surface area contributed by atoms with Crippen LogP contribution in [0.25, 0.3) is 0 Å². The number of hydrogen-bond acceptors (Lipinski definition) is 2. The lowest BCUT2D eigenvalue weighted by Gasteiger charge is -2.12. The molecule has 15 heavy (non-hydrogen) atoms. The Hall–Kier alpha value is -1.46. The zero-order valence-electron chi connectivity index (χ0n) is 9.33. The lowest BCUT2D eigenvalue weighted by molar-refractivity contribution is 0.385. The molecule has 1 N–H and O–H groups in total. The van der Waals surface area contributed by atoms with Crippen molar-refractivity contribution in [3.63, 3.8) is 0 Å². The zero-order chi connectivity index (χ0) is 11.3. The van der Waals surface area contributed by atoms with Crippen molar-refractivity contribution < 1.29 is 5.11 Å². The lowest BCUT2D eigenvalue weighted by atomic mass is 10.1. The Balaban J connectivity index is 2.81. The van der Waals surface area contributed by atoms with Gasteiger partial charge in [0.2, 0.25) is 0 Å². The van der Waals surface area contributed by atoms with E-state index in [-0.39, 0.29) is 0 Å². The molecule has 2 heteroatoms. The van der Waals surface area contributed by atoms with Crippen molar-refractivity contribution in [2.45, 2.75) is 19.4 Å². The highest BCUT2D eigenvalue weighted by Crippen LogP contribution is 2.20. The van der Waals surface area contributed by atoms with Gasteiger partial charge in [0.25, 0.3) is 0 Å². The molecule has 0 unspecified atom stereocenters. The molecule has 0 saturated carbocycles. The molecular formula is C13H17NO. The predicted molar refractivity (Wildman–Crippen MR) is 62.7 cm³/mol. The number of aromatic hydroxyl groups is 1. The Bertz CT molecular complexity index is 363. The Morgan fingerprint density at radius 3 is 2.73 bits per heavy atom. The molecule has 0 amide bonds. The average Bonchev–Trinajstić information content (AvgIpc) is 2.18. The topological polar surface area (TPSA) is 23.5 Å². The molecule has 0 atom stereocenters. The highest BCUT2D eigenvalue weighted by Gasteiger charge is 2.03. The molecular weight excluding hydrogens is 186 g/mol. The van der Waals surface area contributed by atoms with Crippen molar-refractivity contribution in [2.75, 3.05) is 14.1 Å². The van der Waals surface area contributed by atoms with Gasteiger partial charge in [0.05, 0.1) is 0 Å². The molecule has 1 aromatic rings. The summed E-state index contributed by atoms with van der Waals surface area (Å²) in [5.41, 5.74) is 2.14. The number of aryl methyl sites for hydroxylation is 1. The summed E-state index contributed by atoms with van der Waals surface area (Å²) in [5, 5.41) is 9.64. The van der Waals surface area contributed by atoms with Crippen LogP contribution in [0.1, 0.15) is 17.5 Å². The Labute approximate surface area is 91.5 Å². The van der Waals surface area contributed by atoms with Crippen LogP contribution in [0.5, 0.6) is 5.75 Å². The minimum atomic E-state index is 0.355. The smallest absolute Gasteiger partial charge is 0.120 e. The van der Waals surface area contributed by atoms with Gasteiger partial charge in [0.1, 0.15) is 5.75 Å². The fourth-order valence-electron chi connectivity index (χ4n) is 1.48. The number of phenols is 1. The lowest BCUT2D eigenvalue weighted by Crippen LogP contribution is -2.11. The summed E-state index contributed by atoms with van der Waals surface area (Å²) in [7, 11) is 3.96. The highest BCUT2D eigenvalue weighted by atomic mass is 16.3. The molecule has 0 bridgehead atoms. The maximum Gasteiger partial charge on any atom is 0.120 e. The number of rotatable bonds is 4. The summed E-state index contributed by atoms with van der Waals surface area (Å²) in [6.45, 7) is 0.746. The van der Waals surface area contributed by atoms with Crippen LogP contribution in [0.3, 0.4) is 0 Å². The second kappa shape index (κ2) is 5.43. The predicted octanol–water partition coefficient (Wildman–Crippen LogP) is 2.02. The Morgan fingerprint density at radius 1 is 1.40 bits per heavy atom. The number of phenolic OH excluding ortho intramolecular Hbond substituents is 1. The number of terminal acetylenes is 1. The van der Waals surface area contributed by atoms with Gasteiger partial charge in [-0.05, 0) is 32.1 Å². The van der Waals surface area contributed by atoms with E-state index in [1.165, 1.54) is 5.56 Å². The van der Waals surface area contributed by atoms with Crippen molar-refractivity contribution in [2.24, 2.45) is 0 Å². The first-order valence-electron chi connectivity index (χ1n) is 5.02. The SMILES string of the molecule is C#CCCc1ccc(O)c(CN(C)C)c1. The van der Waals surface area contributed by atoms with Gasteiger partial charge in [0, 0.05) is 18.5 Å². The maximum absolute atomic E-state index is 9.64. The normalized spacial score (nSPS) is 10.3. The van der Waals surface area contributed by atoms with E-state index in [4.69, 9.17) is 6.42 Å². The van der Waals surface area contributed by atoms with E-state index in [1.54, 1.807) is 6.07 Å². The van der Waals surface area contributed by atoms with E-state index in [9.17, 15) is 5.11 Å². The highest BCUT2D eigenvalue weighted by molar-refractivity contribution is 5.36. The third-order valence-electron chi connectivity index (χ3n) is 2.19. The van der Waals surface area contributed by atoms with Crippen LogP contribution in [-0.2, 0) is 13.0 Å². The standard InChI is InChI=1S/C13H17NO/c1-4-5-6-11-7-8-13(15)12(9-11)10-14(2)3/h1,7-9,15H,5-6,10H2,2-3H3. The second-order valence-corrected chi connectivity index (χ2v) is 3.90. The van der Waals surface area contributed by atoms with Crippen LogP contribution in [0.15, 0.2) is 18.2 Å². The molecule has 0 aliphatic carbocycles. The van der Waals surface area contributed by atoms with Gasteiger partial charge in [-0.3, -0.25) is 0 Å². The number of benzene rings is 1. The summed E-state index contributed by atoms with van der Waals surface area (Å²) < 4.78 is 0. The van der Waals surface area contributed by atoms with Gasteiger partial charge in [0.15, 0.2) is 0 Å². The van der Waals surface area contributed by atoms with Crippen LogP contribution in [0.4, 0.5) is 0 Å². The molecule has 0 aliphatic heterocycles. The first kappa shape index (κ1) is 11.6. The molecule has 1 rings (SSSR count). The fraction of sp³-hybridized carbons (Fsp3) is 0.385. The molecule has 0 fully saturated rings. The number of nitrogens with zero attached hydrogens (tertiary/aromatic N) is 1. The van der Waals surface area contributed by atoms with E-state index in [0.29, 0.717) is 5.75 Å². The molecule has 0 aliphatic rings. The minimum absolute atomic E-state index is 0.355. The zero-order valence-corrected chi connectivity index (χ0v) is 9.33. The van der Waals surface area contributed by atoms with Gasteiger partial charge < -0.3 is 10.0 Å². The average molecular weight is 203 g/mol. The summed E-state index contributed by atoms with van der Waals surface area (Å²) in [6.07, 6.45) is 6.83. The van der Waals surface area contributed by atoms with E-state index >= 15 is 0 Å². The number of hydrogen-bond donors (Lipinski definition) is 1. The van der Waals surface area contributed by atoms with E-state index < -0.39 is 0 Å². The van der Waals surface area contributed by atoms with Crippen molar-refractivity contribution in [3.05, 3.63) is 29.3 Å². The maximum atomic E-state index is 9.64. The van der Waals surface area contributed by atoms with Crippen LogP contribution >= 0.6 is 0 Å². The molecule has 0 heterocycles. The van der Waals surface area contributed by atoms with Gasteiger partial charge >= 0.3 is 0 Å². The van der Waals surface area contributed by atoms with E-state index in [0.717, 1.165) is 24.9 Å². The molecule has 80 valence electrons. The van der Waals surface area contributed by atoms with Crippen molar-refractivity contribution in [3.8, 4) is 18.1 Å². The Morgan fingerprint density at radius 2 is 2.13 bits per heavy atom. The van der Waals surface area contributed by atoms with Crippen molar-refractivity contribution in [1.29, 1.82) is 0 Å². The van der Waals surface area contributed by atoms with Crippen LogP contribution in [0.2, 0.25) is 0 Å². The first-order chi connectivity index (χ1) is 7.13.